The topological polar surface area (TPSA) is 4.93 Å². The molecule has 1 nitrogen and oxygen atoms in total. The Morgan fingerprint density at radius 1 is 1.53 bits per heavy atom. The lowest BCUT2D eigenvalue weighted by Gasteiger charge is -2.20. The summed E-state index contributed by atoms with van der Waals surface area (Å²) >= 11 is 6.22. The Labute approximate surface area is 117 Å². The second-order valence-corrected chi connectivity index (χ2v) is 5.57. The standard InChI is InChI=1S/C16H17ClFN/c1-3-10-6-5-7-13-14(10)15-11(4-2)8-9-12(17)16(15)19(13)18/h3,8-10H,1,4-7H2,2H3. The second-order valence-electron chi connectivity index (χ2n) is 5.16. The molecule has 19 heavy (non-hydrogen) atoms. The SMILES string of the molecule is C=CC1CCCc2c1c1c(CC)ccc(Cl)c1n2F. The van der Waals surface area contributed by atoms with Gasteiger partial charge < -0.3 is 0 Å². The minimum absolute atomic E-state index is 0.243. The van der Waals surface area contributed by atoms with Crippen LogP contribution >= 0.6 is 11.6 Å². The maximum atomic E-state index is 14.6. The maximum absolute atomic E-state index is 14.6. The van der Waals surface area contributed by atoms with Crippen LogP contribution in [0.25, 0.3) is 10.9 Å². The van der Waals surface area contributed by atoms with E-state index in [4.69, 9.17) is 11.6 Å². The van der Waals surface area contributed by atoms with Crippen LogP contribution in [0.15, 0.2) is 24.8 Å². The van der Waals surface area contributed by atoms with Gasteiger partial charge in [0.15, 0.2) is 0 Å². The Kier molecular flexibility index (Phi) is 3.14. The van der Waals surface area contributed by atoms with E-state index in [1.807, 2.05) is 12.1 Å². The zero-order valence-corrected chi connectivity index (χ0v) is 11.8. The van der Waals surface area contributed by atoms with Gasteiger partial charge in [-0.25, -0.2) is 0 Å². The zero-order valence-electron chi connectivity index (χ0n) is 11.0. The fraction of sp³-hybridized carbons (Fsp3) is 0.375. The number of allylic oxidation sites excluding steroid dienone is 1. The van der Waals surface area contributed by atoms with Gasteiger partial charge in [0.2, 0.25) is 0 Å². The van der Waals surface area contributed by atoms with E-state index in [2.05, 4.69) is 13.5 Å². The molecule has 1 aliphatic carbocycles. The monoisotopic (exact) mass is 277 g/mol. The molecule has 3 rings (SSSR count). The molecule has 1 heterocycles. The summed E-state index contributed by atoms with van der Waals surface area (Å²) < 4.78 is 14.6. The molecule has 1 atom stereocenters. The molecule has 0 amide bonds. The van der Waals surface area contributed by atoms with Crippen molar-refractivity contribution in [2.75, 3.05) is 0 Å². The summed E-state index contributed by atoms with van der Waals surface area (Å²) in [6.07, 6.45) is 5.66. The van der Waals surface area contributed by atoms with Crippen molar-refractivity contribution >= 4 is 22.5 Å². The van der Waals surface area contributed by atoms with E-state index in [-0.39, 0.29) is 5.92 Å². The highest BCUT2D eigenvalue weighted by atomic mass is 35.5. The Hall–Kier alpha value is -1.28. The van der Waals surface area contributed by atoms with E-state index >= 15 is 0 Å². The van der Waals surface area contributed by atoms with Gasteiger partial charge in [-0.3, -0.25) is 0 Å². The first-order valence-electron chi connectivity index (χ1n) is 6.82. The van der Waals surface area contributed by atoms with Gasteiger partial charge in [-0.05, 0) is 42.9 Å². The van der Waals surface area contributed by atoms with Gasteiger partial charge in [0.05, 0.1) is 10.7 Å². The first kappa shape index (κ1) is 12.7. The van der Waals surface area contributed by atoms with Crippen LogP contribution in [0.3, 0.4) is 0 Å². The Morgan fingerprint density at radius 3 is 3.00 bits per heavy atom. The van der Waals surface area contributed by atoms with E-state index in [1.54, 1.807) is 6.07 Å². The van der Waals surface area contributed by atoms with Crippen LogP contribution in [-0.4, -0.2) is 4.79 Å². The molecule has 0 saturated carbocycles. The van der Waals surface area contributed by atoms with Crippen LogP contribution in [0.1, 0.15) is 42.5 Å². The Morgan fingerprint density at radius 2 is 2.32 bits per heavy atom. The van der Waals surface area contributed by atoms with Gasteiger partial charge in [0.1, 0.15) is 5.52 Å². The lowest BCUT2D eigenvalue weighted by atomic mass is 9.84. The molecule has 0 N–H and O–H groups in total. The largest absolute Gasteiger partial charge is 0.181 e. The molecule has 0 saturated heterocycles. The van der Waals surface area contributed by atoms with Gasteiger partial charge in [-0.2, -0.15) is 4.79 Å². The smallest absolute Gasteiger partial charge is 0.101 e. The molecule has 0 bridgehead atoms. The molecule has 0 aliphatic heterocycles. The molecule has 3 heteroatoms. The van der Waals surface area contributed by atoms with E-state index < -0.39 is 0 Å². The van der Waals surface area contributed by atoms with Crippen molar-refractivity contribution < 1.29 is 4.48 Å². The average Bonchev–Trinajstić information content (AvgIpc) is 2.74. The number of rotatable bonds is 2. The predicted octanol–water partition coefficient (Wildman–Crippen LogP) is 5.20. The normalized spacial score (nSPS) is 18.6. The quantitative estimate of drug-likeness (QED) is 0.665. The molecule has 1 aromatic heterocycles. The molecule has 0 radical (unpaired) electrons. The molecule has 1 aromatic carbocycles. The number of benzene rings is 1. The van der Waals surface area contributed by atoms with Crippen LogP contribution in [0.4, 0.5) is 4.48 Å². The van der Waals surface area contributed by atoms with Crippen LogP contribution in [0, 0.1) is 0 Å². The lowest BCUT2D eigenvalue weighted by Crippen LogP contribution is -2.08. The van der Waals surface area contributed by atoms with E-state index in [0.29, 0.717) is 10.5 Å². The second kappa shape index (κ2) is 4.68. The summed E-state index contributed by atoms with van der Waals surface area (Å²) in [4.78, 5) is 0.807. The first-order valence-corrected chi connectivity index (χ1v) is 7.20. The van der Waals surface area contributed by atoms with Gasteiger partial charge in [-0.15, -0.1) is 6.58 Å². The molecule has 0 fully saturated rings. The van der Waals surface area contributed by atoms with E-state index in [0.717, 1.165) is 47.1 Å². The zero-order chi connectivity index (χ0) is 13.6. The summed E-state index contributed by atoms with van der Waals surface area (Å²) in [5, 5.41) is 1.50. The molecule has 1 unspecified atom stereocenters. The summed E-state index contributed by atoms with van der Waals surface area (Å²) in [5.74, 6) is 0.243. The van der Waals surface area contributed by atoms with Gasteiger partial charge in [0.25, 0.3) is 0 Å². The van der Waals surface area contributed by atoms with Crippen molar-refractivity contribution in [2.24, 2.45) is 0 Å². The fourth-order valence-corrected chi connectivity index (χ4v) is 3.51. The van der Waals surface area contributed by atoms with E-state index in [9.17, 15) is 4.48 Å². The van der Waals surface area contributed by atoms with Crippen molar-refractivity contribution in [3.05, 3.63) is 46.6 Å². The van der Waals surface area contributed by atoms with Gasteiger partial charge in [-0.1, -0.05) is 35.1 Å². The van der Waals surface area contributed by atoms with Crippen molar-refractivity contribution in [3.63, 3.8) is 0 Å². The van der Waals surface area contributed by atoms with Crippen LogP contribution < -0.4 is 0 Å². The van der Waals surface area contributed by atoms with Gasteiger partial charge >= 0.3 is 0 Å². The number of hydrogen-bond acceptors (Lipinski definition) is 0. The Balaban J connectivity index is 2.46. The third kappa shape index (κ3) is 1.73. The highest BCUT2D eigenvalue weighted by molar-refractivity contribution is 6.35. The lowest BCUT2D eigenvalue weighted by molar-refractivity contribution is 0.362. The average molecular weight is 278 g/mol. The van der Waals surface area contributed by atoms with Crippen LogP contribution in [0.5, 0.6) is 0 Å². The summed E-state index contributed by atoms with van der Waals surface area (Å²) in [6, 6.07) is 3.81. The number of aromatic nitrogens is 1. The summed E-state index contributed by atoms with van der Waals surface area (Å²) in [7, 11) is 0. The van der Waals surface area contributed by atoms with Gasteiger partial charge in [0, 0.05) is 11.3 Å². The van der Waals surface area contributed by atoms with Crippen molar-refractivity contribution in [1.29, 1.82) is 0 Å². The summed E-state index contributed by atoms with van der Waals surface area (Å²) in [6.45, 7) is 6.01. The number of halogens is 2. The maximum Gasteiger partial charge on any atom is 0.101 e. The van der Waals surface area contributed by atoms with Crippen LogP contribution in [0.2, 0.25) is 5.02 Å². The van der Waals surface area contributed by atoms with E-state index in [1.165, 1.54) is 5.56 Å². The molecular formula is C16H17ClFN. The number of aryl methyl sites for hydroxylation is 1. The third-order valence-corrected chi connectivity index (χ3v) is 4.50. The molecule has 0 spiro atoms. The minimum atomic E-state index is 0.243. The van der Waals surface area contributed by atoms with Crippen LogP contribution in [-0.2, 0) is 12.8 Å². The third-order valence-electron chi connectivity index (χ3n) is 4.19. The Bertz CT molecular complexity index is 657. The number of hydrogen-bond donors (Lipinski definition) is 0. The van der Waals surface area contributed by atoms with Crippen molar-refractivity contribution in [3.8, 4) is 0 Å². The van der Waals surface area contributed by atoms with Crippen molar-refractivity contribution in [1.82, 2.24) is 4.79 Å². The molecule has 1 aliphatic rings. The van der Waals surface area contributed by atoms with Crippen molar-refractivity contribution in [2.45, 2.75) is 38.5 Å². The highest BCUT2D eigenvalue weighted by Gasteiger charge is 2.28. The highest BCUT2D eigenvalue weighted by Crippen LogP contribution is 2.43. The molecule has 100 valence electrons. The fourth-order valence-electron chi connectivity index (χ4n) is 3.28. The minimum Gasteiger partial charge on any atom is -0.181 e. The number of fused-ring (bicyclic) bond motifs is 3. The first-order chi connectivity index (χ1) is 9.19. The molecule has 2 aromatic rings. The summed E-state index contributed by atoms with van der Waals surface area (Å²) in [5.41, 5.74) is 3.60. The molecular weight excluding hydrogens is 261 g/mol. The predicted molar refractivity (Wildman–Crippen MR) is 78.7 cm³/mol. The number of nitrogens with zero attached hydrogens (tertiary/aromatic N) is 1.